The van der Waals surface area contributed by atoms with Gasteiger partial charge in [0.25, 0.3) is 11.6 Å². The number of imide groups is 1. The first-order valence-electron chi connectivity index (χ1n) is 9.40. The number of non-ortho nitro benzene ring substituents is 1. The zero-order valence-electron chi connectivity index (χ0n) is 16.8. The van der Waals surface area contributed by atoms with E-state index in [0.29, 0.717) is 17.2 Å². The Bertz CT molecular complexity index is 1000. The van der Waals surface area contributed by atoms with E-state index in [1.54, 1.807) is 12.1 Å². The first kappa shape index (κ1) is 21.0. The summed E-state index contributed by atoms with van der Waals surface area (Å²) in [5.74, 6) is -0.756. The van der Waals surface area contributed by atoms with Crippen LogP contribution in [-0.4, -0.2) is 34.2 Å². The molecule has 0 aliphatic carbocycles. The lowest BCUT2D eigenvalue weighted by Crippen LogP contribution is -2.42. The zero-order chi connectivity index (χ0) is 22.1. The van der Waals surface area contributed by atoms with Crippen molar-refractivity contribution in [3.63, 3.8) is 0 Å². The van der Waals surface area contributed by atoms with Gasteiger partial charge in [0.05, 0.1) is 4.92 Å². The van der Waals surface area contributed by atoms with Gasteiger partial charge in [0.15, 0.2) is 0 Å². The Labute approximate surface area is 173 Å². The monoisotopic (exact) mass is 410 g/mol. The molecule has 2 N–H and O–H groups in total. The Kier molecular flexibility index (Phi) is 5.55. The molecule has 0 unspecified atom stereocenters. The molecule has 1 aliphatic heterocycles. The van der Waals surface area contributed by atoms with Crippen LogP contribution in [0.1, 0.15) is 37.8 Å². The molecule has 0 spiro atoms. The van der Waals surface area contributed by atoms with Crippen molar-refractivity contribution in [2.45, 2.75) is 32.2 Å². The maximum absolute atomic E-state index is 12.9. The van der Waals surface area contributed by atoms with Crippen molar-refractivity contribution in [3.05, 3.63) is 69.8 Å². The molecule has 9 heteroatoms. The third-order valence-electron chi connectivity index (χ3n) is 5.09. The van der Waals surface area contributed by atoms with E-state index in [1.165, 1.54) is 31.2 Å². The predicted octanol–water partition coefficient (Wildman–Crippen LogP) is 3.12. The van der Waals surface area contributed by atoms with E-state index >= 15 is 0 Å². The fourth-order valence-electron chi connectivity index (χ4n) is 3.25. The molecule has 1 fully saturated rings. The first-order chi connectivity index (χ1) is 14.1. The fourth-order valence-corrected chi connectivity index (χ4v) is 3.25. The number of carbonyl (C=O) groups excluding carboxylic acids is 3. The largest absolute Gasteiger partial charge is 0.325 e. The Morgan fingerprint density at radius 2 is 1.73 bits per heavy atom. The summed E-state index contributed by atoms with van der Waals surface area (Å²) in [5, 5.41) is 16.1. The fraction of sp³-hybridized carbons (Fsp3) is 0.286. The number of urea groups is 1. The maximum Gasteiger partial charge on any atom is 0.325 e. The third kappa shape index (κ3) is 4.00. The summed E-state index contributed by atoms with van der Waals surface area (Å²) in [6.45, 7) is 5.18. The molecule has 2 aromatic rings. The lowest BCUT2D eigenvalue weighted by atomic mass is 9.92. The standard InChI is InChI=1S/C21H22N4O5/c1-13(2)14-4-8-16(9-5-14)22-18(26)12-24-19(27)21(3,23-20(24)28)15-6-10-17(11-7-15)25(29)30/h4-11,13H,12H2,1-3H3,(H,22,26)(H,23,28)/t21-/m0/s1. The second-order valence-corrected chi connectivity index (χ2v) is 7.58. The van der Waals surface area contributed by atoms with Gasteiger partial charge < -0.3 is 10.6 Å². The number of benzene rings is 2. The normalized spacial score (nSPS) is 18.5. The minimum Gasteiger partial charge on any atom is -0.325 e. The van der Waals surface area contributed by atoms with Gasteiger partial charge in [-0.05, 0) is 48.2 Å². The van der Waals surface area contributed by atoms with Gasteiger partial charge >= 0.3 is 6.03 Å². The van der Waals surface area contributed by atoms with Crippen molar-refractivity contribution >= 4 is 29.2 Å². The van der Waals surface area contributed by atoms with Crippen LogP contribution in [0.15, 0.2) is 48.5 Å². The molecule has 1 saturated heterocycles. The summed E-state index contributed by atoms with van der Waals surface area (Å²) < 4.78 is 0. The van der Waals surface area contributed by atoms with Gasteiger partial charge in [-0.25, -0.2) is 4.79 Å². The highest BCUT2D eigenvalue weighted by Crippen LogP contribution is 2.30. The minimum absolute atomic E-state index is 0.126. The maximum atomic E-state index is 12.9. The molecule has 30 heavy (non-hydrogen) atoms. The van der Waals surface area contributed by atoms with Crippen molar-refractivity contribution < 1.29 is 19.3 Å². The number of nitro benzene ring substituents is 1. The van der Waals surface area contributed by atoms with Crippen LogP contribution in [0.5, 0.6) is 0 Å². The van der Waals surface area contributed by atoms with Gasteiger partial charge in [0.1, 0.15) is 12.1 Å². The highest BCUT2D eigenvalue weighted by Gasteiger charge is 2.49. The van der Waals surface area contributed by atoms with Gasteiger partial charge in [-0.3, -0.25) is 24.6 Å². The van der Waals surface area contributed by atoms with Gasteiger partial charge in [0.2, 0.25) is 5.91 Å². The number of carbonyl (C=O) groups is 3. The van der Waals surface area contributed by atoms with Crippen molar-refractivity contribution in [1.29, 1.82) is 0 Å². The van der Waals surface area contributed by atoms with Crippen LogP contribution in [0.2, 0.25) is 0 Å². The Morgan fingerprint density at radius 3 is 2.27 bits per heavy atom. The molecule has 0 aromatic heterocycles. The van der Waals surface area contributed by atoms with E-state index in [0.717, 1.165) is 10.5 Å². The number of anilines is 1. The van der Waals surface area contributed by atoms with Crippen LogP contribution in [0.25, 0.3) is 0 Å². The zero-order valence-corrected chi connectivity index (χ0v) is 16.8. The van der Waals surface area contributed by atoms with Crippen molar-refractivity contribution in [2.75, 3.05) is 11.9 Å². The SMILES string of the molecule is CC(C)c1ccc(NC(=O)CN2C(=O)N[C@@](C)(c3ccc([N+](=O)[O-])cc3)C2=O)cc1. The number of nitrogens with one attached hydrogen (secondary N) is 2. The number of rotatable bonds is 6. The summed E-state index contributed by atoms with van der Waals surface area (Å²) in [6.07, 6.45) is 0. The van der Waals surface area contributed by atoms with E-state index in [4.69, 9.17) is 0 Å². The molecule has 1 aliphatic rings. The van der Waals surface area contributed by atoms with Gasteiger partial charge in [-0.1, -0.05) is 26.0 Å². The molecule has 0 saturated carbocycles. The van der Waals surface area contributed by atoms with Gasteiger partial charge in [-0.15, -0.1) is 0 Å². The van der Waals surface area contributed by atoms with Gasteiger partial charge in [-0.2, -0.15) is 0 Å². The smallest absolute Gasteiger partial charge is 0.325 e. The van der Waals surface area contributed by atoms with Crippen LogP contribution >= 0.6 is 0 Å². The van der Waals surface area contributed by atoms with Crippen LogP contribution in [-0.2, 0) is 15.1 Å². The van der Waals surface area contributed by atoms with Crippen molar-refractivity contribution in [2.24, 2.45) is 0 Å². The number of nitrogens with zero attached hydrogens (tertiary/aromatic N) is 2. The average Bonchev–Trinajstić information content (AvgIpc) is 2.92. The molecule has 1 heterocycles. The number of hydrogen-bond acceptors (Lipinski definition) is 5. The highest BCUT2D eigenvalue weighted by atomic mass is 16.6. The molecular weight excluding hydrogens is 388 g/mol. The van der Waals surface area contributed by atoms with Crippen LogP contribution < -0.4 is 10.6 Å². The second-order valence-electron chi connectivity index (χ2n) is 7.58. The van der Waals surface area contributed by atoms with Gasteiger partial charge in [0, 0.05) is 17.8 Å². The summed E-state index contributed by atoms with van der Waals surface area (Å²) >= 11 is 0. The number of hydrogen-bond donors (Lipinski definition) is 2. The summed E-state index contributed by atoms with van der Waals surface area (Å²) in [4.78, 5) is 48.7. The molecular formula is C21H22N4O5. The lowest BCUT2D eigenvalue weighted by Gasteiger charge is -2.22. The quantitative estimate of drug-likeness (QED) is 0.430. The van der Waals surface area contributed by atoms with Crippen molar-refractivity contribution in [1.82, 2.24) is 10.2 Å². The highest BCUT2D eigenvalue weighted by molar-refractivity contribution is 6.10. The topological polar surface area (TPSA) is 122 Å². The third-order valence-corrected chi connectivity index (χ3v) is 5.09. The van der Waals surface area contributed by atoms with E-state index in [-0.39, 0.29) is 5.69 Å². The van der Waals surface area contributed by atoms with Crippen molar-refractivity contribution in [3.8, 4) is 0 Å². The summed E-state index contributed by atoms with van der Waals surface area (Å²) in [6, 6.07) is 12.0. The lowest BCUT2D eigenvalue weighted by molar-refractivity contribution is -0.384. The Morgan fingerprint density at radius 1 is 1.13 bits per heavy atom. The van der Waals surface area contributed by atoms with Crippen LogP contribution in [0.4, 0.5) is 16.2 Å². The summed E-state index contributed by atoms with van der Waals surface area (Å²) in [5.41, 5.74) is 0.541. The second kappa shape index (κ2) is 7.94. The number of nitro groups is 1. The molecule has 2 aromatic carbocycles. The van der Waals surface area contributed by atoms with Crippen LogP contribution in [0.3, 0.4) is 0 Å². The number of amides is 4. The molecule has 9 nitrogen and oxygen atoms in total. The molecule has 1 atom stereocenters. The summed E-state index contributed by atoms with van der Waals surface area (Å²) in [7, 11) is 0. The Hall–Kier alpha value is -3.75. The molecule has 4 amide bonds. The Balaban J connectivity index is 1.71. The first-order valence-corrected chi connectivity index (χ1v) is 9.40. The molecule has 156 valence electrons. The van der Waals surface area contributed by atoms with E-state index in [9.17, 15) is 24.5 Å². The van der Waals surface area contributed by atoms with E-state index in [1.807, 2.05) is 12.1 Å². The molecule has 3 rings (SSSR count). The molecule has 0 bridgehead atoms. The predicted molar refractivity (Wildman–Crippen MR) is 110 cm³/mol. The average molecular weight is 410 g/mol. The van der Waals surface area contributed by atoms with E-state index < -0.39 is 34.9 Å². The van der Waals surface area contributed by atoms with Crippen LogP contribution in [0, 0.1) is 10.1 Å². The molecule has 0 radical (unpaired) electrons. The van der Waals surface area contributed by atoms with E-state index in [2.05, 4.69) is 24.5 Å². The minimum atomic E-state index is -1.41.